The van der Waals surface area contributed by atoms with Crippen molar-refractivity contribution in [2.24, 2.45) is 5.73 Å². The Hall–Kier alpha value is -2.50. The fraction of sp³-hybridized carbons (Fsp3) is 0.440. The van der Waals surface area contributed by atoms with Crippen LogP contribution in [0.25, 0.3) is 11.0 Å². The zero-order valence-corrected chi connectivity index (χ0v) is 15.7. The largest absolute Gasteiger partial charge is 0.341 e. The van der Waals surface area contributed by atoms with E-state index in [4.69, 9.17) is 15.7 Å². The van der Waals surface area contributed by atoms with Crippen LogP contribution in [0.4, 0.5) is 0 Å². The summed E-state index contributed by atoms with van der Waals surface area (Å²) in [6.45, 7) is 6.45. The van der Waals surface area contributed by atoms with Crippen LogP contribution >= 0.6 is 0 Å². The van der Waals surface area contributed by atoms with Crippen molar-refractivity contribution in [1.82, 2.24) is 19.9 Å². The van der Waals surface area contributed by atoms with Crippen molar-refractivity contribution in [2.75, 3.05) is 13.1 Å². The molecule has 0 saturated heterocycles. The van der Waals surface area contributed by atoms with Gasteiger partial charge in [-0.05, 0) is 56.0 Å². The predicted molar refractivity (Wildman–Crippen MR) is 129 cm³/mol. The van der Waals surface area contributed by atoms with Crippen LogP contribution in [-0.4, -0.2) is 32.9 Å². The van der Waals surface area contributed by atoms with Crippen LogP contribution in [0.5, 0.6) is 0 Å². The molecule has 1 aromatic carbocycles. The first kappa shape index (κ1) is 25.5. The number of hydrogen-bond donors (Lipinski definition) is 2. The molecule has 0 fully saturated rings. The minimum Gasteiger partial charge on any atom is -0.341 e. The molecule has 0 amide bonds. The predicted octanol–water partition coefficient (Wildman–Crippen LogP) is 5.65. The van der Waals surface area contributed by atoms with Crippen LogP contribution in [0, 0.1) is 0 Å². The van der Waals surface area contributed by atoms with Crippen molar-refractivity contribution >= 4 is 11.0 Å². The number of aromatic amines is 1. The Morgan fingerprint density at radius 3 is 2.73 bits per heavy atom. The van der Waals surface area contributed by atoms with Crippen LogP contribution in [0.15, 0.2) is 54.7 Å². The molecule has 3 N–H and O–H groups in total. The summed E-state index contributed by atoms with van der Waals surface area (Å²) < 4.78 is 0. The van der Waals surface area contributed by atoms with E-state index in [1.807, 2.05) is 30.5 Å². The average Bonchev–Trinajstić information content (AvgIpc) is 3.09. The van der Waals surface area contributed by atoms with Gasteiger partial charge in [-0.3, -0.25) is 9.88 Å². The number of aryl methyl sites for hydroxylation is 1. The molecule has 0 bridgehead atoms. The number of nitrogens with two attached hydrogens (primary N) is 1. The second-order valence-corrected chi connectivity index (χ2v) is 7.35. The Kier molecular flexibility index (Phi) is 9.90. The van der Waals surface area contributed by atoms with Gasteiger partial charge in [-0.25, -0.2) is 4.98 Å². The first-order valence-corrected chi connectivity index (χ1v) is 9.73. The van der Waals surface area contributed by atoms with Crippen molar-refractivity contribution in [3.63, 3.8) is 0 Å². The van der Waals surface area contributed by atoms with Crippen LogP contribution < -0.4 is 5.73 Å². The van der Waals surface area contributed by atoms with Crippen LogP contribution in [0.1, 0.15) is 64.7 Å². The SMILES string of the molecule is C.C.C.C=C(CCN)CN(Cc1nc2ccccc2[nH]1)C1CCCc2cccnc21. The smallest absolute Gasteiger partial charge is 0.121 e. The van der Waals surface area contributed by atoms with Crippen molar-refractivity contribution in [3.05, 3.63) is 71.8 Å². The Bertz CT molecular complexity index is 897. The van der Waals surface area contributed by atoms with Gasteiger partial charge in [0.2, 0.25) is 0 Å². The fourth-order valence-electron chi connectivity index (χ4n) is 4.06. The molecule has 5 nitrogen and oxygen atoms in total. The van der Waals surface area contributed by atoms with Gasteiger partial charge >= 0.3 is 0 Å². The molecule has 30 heavy (non-hydrogen) atoms. The van der Waals surface area contributed by atoms with E-state index < -0.39 is 0 Å². The van der Waals surface area contributed by atoms with Crippen molar-refractivity contribution in [1.29, 1.82) is 0 Å². The van der Waals surface area contributed by atoms with Crippen LogP contribution in [0.2, 0.25) is 0 Å². The molecule has 1 aliphatic carbocycles. The van der Waals surface area contributed by atoms with E-state index >= 15 is 0 Å². The van der Waals surface area contributed by atoms with Crippen molar-refractivity contribution in [2.45, 2.75) is 60.5 Å². The number of benzene rings is 1. The van der Waals surface area contributed by atoms with E-state index in [0.717, 1.165) is 54.8 Å². The molecule has 2 heterocycles. The molecule has 0 aliphatic heterocycles. The van der Waals surface area contributed by atoms with Crippen molar-refractivity contribution in [3.8, 4) is 0 Å². The summed E-state index contributed by atoms with van der Waals surface area (Å²) in [5.74, 6) is 0.986. The Balaban J connectivity index is 0.00000150. The molecule has 1 atom stereocenters. The molecule has 2 aromatic heterocycles. The highest BCUT2D eigenvalue weighted by atomic mass is 15.2. The number of rotatable bonds is 7. The maximum atomic E-state index is 5.75. The standard InChI is InChI=1S/C22H27N5.3CH4/c1-16(11-12-23)14-27(15-21-25-18-8-2-3-9-19(18)26-21)20-10-4-6-17-7-5-13-24-22(17)20;;;/h2-3,5,7-9,13,20H,1,4,6,10-12,14-15,23H2,(H,25,26);3*1H4. The topological polar surface area (TPSA) is 70.8 Å². The van der Waals surface area contributed by atoms with Gasteiger partial charge in [-0.2, -0.15) is 0 Å². The Labute approximate surface area is 182 Å². The van der Waals surface area contributed by atoms with Gasteiger partial charge in [-0.1, -0.05) is 52.6 Å². The van der Waals surface area contributed by atoms with Gasteiger partial charge < -0.3 is 10.7 Å². The van der Waals surface area contributed by atoms with Gasteiger partial charge in [0.1, 0.15) is 5.82 Å². The molecular weight excluding hydrogens is 370 g/mol. The molecule has 0 spiro atoms. The third-order valence-electron chi connectivity index (χ3n) is 5.32. The van der Waals surface area contributed by atoms with Crippen LogP contribution in [-0.2, 0) is 13.0 Å². The molecular formula is C25H39N5. The third kappa shape index (κ3) is 5.55. The highest BCUT2D eigenvalue weighted by Crippen LogP contribution is 2.34. The number of para-hydroxylation sites is 2. The number of nitrogens with one attached hydrogen (secondary N) is 1. The zero-order valence-electron chi connectivity index (χ0n) is 15.7. The van der Waals surface area contributed by atoms with Gasteiger partial charge in [0.05, 0.1) is 29.3 Å². The normalized spacial score (nSPS) is 14.9. The maximum Gasteiger partial charge on any atom is 0.121 e. The first-order valence-electron chi connectivity index (χ1n) is 9.73. The van der Waals surface area contributed by atoms with Gasteiger partial charge in [-0.15, -0.1) is 0 Å². The van der Waals surface area contributed by atoms with E-state index in [1.165, 1.54) is 17.7 Å². The number of H-pyrrole nitrogens is 1. The average molecular weight is 410 g/mol. The lowest BCUT2D eigenvalue weighted by Gasteiger charge is -2.35. The molecule has 0 saturated carbocycles. The summed E-state index contributed by atoms with van der Waals surface area (Å²) in [5.41, 5.74) is 11.6. The van der Waals surface area contributed by atoms with Crippen LogP contribution in [0.3, 0.4) is 0 Å². The third-order valence-corrected chi connectivity index (χ3v) is 5.32. The lowest BCUT2D eigenvalue weighted by Crippen LogP contribution is -2.33. The quantitative estimate of drug-likeness (QED) is 0.495. The fourth-order valence-corrected chi connectivity index (χ4v) is 4.06. The summed E-state index contributed by atoms with van der Waals surface area (Å²) in [5, 5.41) is 0. The molecule has 3 aromatic rings. The second kappa shape index (κ2) is 11.6. The lowest BCUT2D eigenvalue weighted by molar-refractivity contribution is 0.176. The number of aromatic nitrogens is 3. The molecule has 5 heteroatoms. The first-order chi connectivity index (χ1) is 13.2. The van der Waals surface area contributed by atoms with E-state index in [9.17, 15) is 0 Å². The van der Waals surface area contributed by atoms with E-state index in [2.05, 4.69) is 28.6 Å². The Morgan fingerprint density at radius 1 is 1.17 bits per heavy atom. The molecule has 1 aliphatic rings. The lowest BCUT2D eigenvalue weighted by atomic mass is 9.90. The molecule has 4 rings (SSSR count). The minimum atomic E-state index is 0. The number of pyridine rings is 1. The van der Waals surface area contributed by atoms with Crippen molar-refractivity contribution < 1.29 is 0 Å². The van der Waals surface area contributed by atoms with E-state index in [-0.39, 0.29) is 28.3 Å². The maximum absolute atomic E-state index is 5.75. The number of nitrogens with zero attached hydrogens (tertiary/aromatic N) is 3. The molecule has 1 unspecified atom stereocenters. The molecule has 0 radical (unpaired) electrons. The van der Waals surface area contributed by atoms with E-state index in [1.54, 1.807) is 0 Å². The summed E-state index contributed by atoms with van der Waals surface area (Å²) >= 11 is 0. The number of hydrogen-bond acceptors (Lipinski definition) is 4. The summed E-state index contributed by atoms with van der Waals surface area (Å²) in [6.07, 6.45) is 6.16. The highest BCUT2D eigenvalue weighted by molar-refractivity contribution is 5.74. The number of imidazole rings is 1. The monoisotopic (exact) mass is 409 g/mol. The van der Waals surface area contributed by atoms with Gasteiger partial charge in [0, 0.05) is 12.7 Å². The minimum absolute atomic E-state index is 0. The van der Waals surface area contributed by atoms with E-state index in [0.29, 0.717) is 6.54 Å². The summed E-state index contributed by atoms with van der Waals surface area (Å²) in [4.78, 5) is 15.4. The Morgan fingerprint density at radius 2 is 1.97 bits per heavy atom. The highest BCUT2D eigenvalue weighted by Gasteiger charge is 2.28. The molecule has 164 valence electrons. The van der Waals surface area contributed by atoms with Gasteiger partial charge in [0.25, 0.3) is 0 Å². The zero-order chi connectivity index (χ0) is 18.6. The summed E-state index contributed by atoms with van der Waals surface area (Å²) in [7, 11) is 0. The van der Waals surface area contributed by atoms with Gasteiger partial charge in [0.15, 0.2) is 0 Å². The number of fused-ring (bicyclic) bond motifs is 2. The summed E-state index contributed by atoms with van der Waals surface area (Å²) in [6, 6.07) is 12.7. The second-order valence-electron chi connectivity index (χ2n) is 7.35.